The second-order valence-corrected chi connectivity index (χ2v) is 3.02. The van der Waals surface area contributed by atoms with Crippen LogP contribution in [-0.4, -0.2) is 23.6 Å². The number of hydrogen-bond acceptors (Lipinski definition) is 2. The average Bonchev–Trinajstić information content (AvgIpc) is 2.04. The molecular formula is C8H14NO2-. The number of carboxylic acid groups (broad SMARTS) is 1. The van der Waals surface area contributed by atoms with Crippen LogP contribution in [0.3, 0.4) is 0 Å². The number of amides is 1. The van der Waals surface area contributed by atoms with E-state index in [4.69, 9.17) is 0 Å². The first-order valence-electron chi connectivity index (χ1n) is 4.23. The summed E-state index contributed by atoms with van der Waals surface area (Å²) in [6.45, 7) is 2.69. The summed E-state index contributed by atoms with van der Waals surface area (Å²) in [5.41, 5.74) is 0. The first kappa shape index (κ1) is 8.37. The standard InChI is InChI=1S/C8H15NO2/c1-2-7-5-3-4-6-9(7)8(10)11/h7H,2-6H2,1H3,(H,10,11)/p-1. The van der Waals surface area contributed by atoms with Gasteiger partial charge in [-0.25, -0.2) is 0 Å². The molecule has 0 N–H and O–H groups in total. The molecule has 0 saturated carbocycles. The minimum absolute atomic E-state index is 0.216. The van der Waals surface area contributed by atoms with E-state index in [1.807, 2.05) is 6.92 Å². The summed E-state index contributed by atoms with van der Waals surface area (Å²) in [6, 6.07) is 0.216. The topological polar surface area (TPSA) is 43.4 Å². The Morgan fingerprint density at radius 2 is 2.36 bits per heavy atom. The molecule has 0 radical (unpaired) electrons. The lowest BCUT2D eigenvalue weighted by Gasteiger charge is -2.37. The van der Waals surface area contributed by atoms with Crippen LogP contribution in [0.15, 0.2) is 0 Å². The highest BCUT2D eigenvalue weighted by molar-refractivity contribution is 5.63. The molecule has 1 saturated heterocycles. The van der Waals surface area contributed by atoms with Crippen molar-refractivity contribution in [2.45, 2.75) is 38.6 Å². The molecule has 1 amide bonds. The van der Waals surface area contributed by atoms with E-state index in [9.17, 15) is 9.90 Å². The van der Waals surface area contributed by atoms with Gasteiger partial charge in [0.2, 0.25) is 0 Å². The Kier molecular flexibility index (Phi) is 2.74. The molecule has 1 rings (SSSR count). The van der Waals surface area contributed by atoms with Crippen LogP contribution >= 0.6 is 0 Å². The first-order valence-corrected chi connectivity index (χ1v) is 4.23. The first-order chi connectivity index (χ1) is 5.25. The van der Waals surface area contributed by atoms with E-state index >= 15 is 0 Å². The quantitative estimate of drug-likeness (QED) is 0.557. The summed E-state index contributed by atoms with van der Waals surface area (Å²) in [4.78, 5) is 12.0. The molecule has 0 bridgehead atoms. The average molecular weight is 156 g/mol. The SMILES string of the molecule is CCC1CCCCN1C(=O)[O-]. The number of carbonyl (C=O) groups is 1. The Morgan fingerprint density at radius 1 is 1.64 bits per heavy atom. The van der Waals surface area contributed by atoms with Crippen molar-refractivity contribution in [2.24, 2.45) is 0 Å². The van der Waals surface area contributed by atoms with Crippen molar-refractivity contribution in [2.75, 3.05) is 6.54 Å². The molecule has 3 nitrogen and oxygen atoms in total. The molecule has 1 aliphatic heterocycles. The van der Waals surface area contributed by atoms with Crippen molar-refractivity contribution in [3.8, 4) is 0 Å². The van der Waals surface area contributed by atoms with E-state index in [-0.39, 0.29) is 6.04 Å². The van der Waals surface area contributed by atoms with Crippen molar-refractivity contribution >= 4 is 6.09 Å². The van der Waals surface area contributed by atoms with Crippen molar-refractivity contribution in [1.29, 1.82) is 0 Å². The lowest BCUT2D eigenvalue weighted by atomic mass is 10.0. The second kappa shape index (κ2) is 3.60. The Morgan fingerprint density at radius 3 is 2.82 bits per heavy atom. The molecule has 11 heavy (non-hydrogen) atoms. The zero-order valence-electron chi connectivity index (χ0n) is 6.88. The van der Waals surface area contributed by atoms with E-state index in [0.29, 0.717) is 6.54 Å². The van der Waals surface area contributed by atoms with Crippen molar-refractivity contribution < 1.29 is 9.90 Å². The lowest BCUT2D eigenvalue weighted by Crippen LogP contribution is -2.49. The van der Waals surface area contributed by atoms with E-state index in [1.54, 1.807) is 0 Å². The molecule has 64 valence electrons. The fourth-order valence-electron chi connectivity index (χ4n) is 1.67. The molecule has 0 spiro atoms. The molecule has 0 aromatic carbocycles. The molecule has 0 aliphatic carbocycles. The molecule has 1 fully saturated rings. The van der Waals surface area contributed by atoms with E-state index in [2.05, 4.69) is 0 Å². The van der Waals surface area contributed by atoms with Gasteiger partial charge >= 0.3 is 0 Å². The molecule has 1 aliphatic rings. The molecule has 0 aromatic heterocycles. The normalized spacial score (nSPS) is 25.2. The minimum atomic E-state index is -1.00. The molecule has 1 unspecified atom stereocenters. The lowest BCUT2D eigenvalue weighted by molar-refractivity contribution is -0.269. The van der Waals surface area contributed by atoms with E-state index in [0.717, 1.165) is 25.7 Å². The maximum atomic E-state index is 10.5. The van der Waals surface area contributed by atoms with Crippen molar-refractivity contribution in [1.82, 2.24) is 4.90 Å². The predicted octanol–water partition coefficient (Wildman–Crippen LogP) is 0.594. The van der Waals surface area contributed by atoms with Gasteiger partial charge in [0.05, 0.1) is 0 Å². The molecule has 1 heterocycles. The smallest absolute Gasteiger partial charge is 0.137 e. The Hall–Kier alpha value is -0.730. The van der Waals surface area contributed by atoms with Crippen LogP contribution in [0.4, 0.5) is 4.79 Å². The monoisotopic (exact) mass is 156 g/mol. The van der Waals surface area contributed by atoms with Crippen molar-refractivity contribution in [3.63, 3.8) is 0 Å². The van der Waals surface area contributed by atoms with Crippen LogP contribution in [0, 0.1) is 0 Å². The van der Waals surface area contributed by atoms with Gasteiger partial charge in [0.15, 0.2) is 0 Å². The fourth-order valence-corrected chi connectivity index (χ4v) is 1.67. The van der Waals surface area contributed by atoms with Gasteiger partial charge in [0.1, 0.15) is 6.09 Å². The predicted molar refractivity (Wildman–Crippen MR) is 40.0 cm³/mol. The highest BCUT2D eigenvalue weighted by atomic mass is 16.4. The summed E-state index contributed by atoms with van der Waals surface area (Å²) in [7, 11) is 0. The second-order valence-electron chi connectivity index (χ2n) is 3.02. The van der Waals surface area contributed by atoms with Crippen LogP contribution in [0.25, 0.3) is 0 Å². The number of rotatable bonds is 1. The summed E-state index contributed by atoms with van der Waals surface area (Å²) in [5, 5.41) is 10.5. The van der Waals surface area contributed by atoms with Gasteiger partial charge in [-0.3, -0.25) is 0 Å². The van der Waals surface area contributed by atoms with Gasteiger partial charge in [-0.2, -0.15) is 0 Å². The van der Waals surface area contributed by atoms with Gasteiger partial charge in [-0.1, -0.05) is 6.92 Å². The van der Waals surface area contributed by atoms with Crippen LogP contribution in [0.2, 0.25) is 0 Å². The third kappa shape index (κ3) is 1.85. The van der Waals surface area contributed by atoms with Crippen LogP contribution in [0.1, 0.15) is 32.6 Å². The maximum absolute atomic E-state index is 10.5. The largest absolute Gasteiger partial charge is 0.530 e. The number of piperidine rings is 1. The molecule has 3 heteroatoms. The van der Waals surface area contributed by atoms with Gasteiger partial charge < -0.3 is 14.8 Å². The number of carbonyl (C=O) groups excluding carboxylic acids is 1. The fraction of sp³-hybridized carbons (Fsp3) is 0.875. The number of likely N-dealkylation sites (tertiary alicyclic amines) is 1. The Bertz CT molecular complexity index is 147. The van der Waals surface area contributed by atoms with Gasteiger partial charge in [-0.15, -0.1) is 0 Å². The zero-order chi connectivity index (χ0) is 8.27. The number of hydrogen-bond donors (Lipinski definition) is 0. The van der Waals surface area contributed by atoms with Crippen LogP contribution < -0.4 is 5.11 Å². The Balaban J connectivity index is 2.51. The van der Waals surface area contributed by atoms with Crippen molar-refractivity contribution in [3.05, 3.63) is 0 Å². The maximum Gasteiger partial charge on any atom is 0.137 e. The zero-order valence-corrected chi connectivity index (χ0v) is 6.88. The third-order valence-corrected chi connectivity index (χ3v) is 2.33. The van der Waals surface area contributed by atoms with Gasteiger partial charge in [0.25, 0.3) is 0 Å². The van der Waals surface area contributed by atoms with Crippen LogP contribution in [0.5, 0.6) is 0 Å². The molecular weight excluding hydrogens is 142 g/mol. The molecule has 1 atom stereocenters. The van der Waals surface area contributed by atoms with Gasteiger partial charge in [0, 0.05) is 12.6 Å². The van der Waals surface area contributed by atoms with E-state index < -0.39 is 6.09 Å². The van der Waals surface area contributed by atoms with Gasteiger partial charge in [-0.05, 0) is 25.7 Å². The summed E-state index contributed by atoms with van der Waals surface area (Å²) < 4.78 is 0. The summed E-state index contributed by atoms with van der Waals surface area (Å²) in [5.74, 6) is 0. The number of nitrogens with zero attached hydrogens (tertiary/aromatic N) is 1. The van der Waals surface area contributed by atoms with Crippen LogP contribution in [-0.2, 0) is 0 Å². The summed E-state index contributed by atoms with van der Waals surface area (Å²) >= 11 is 0. The molecule has 0 aromatic rings. The minimum Gasteiger partial charge on any atom is -0.530 e. The summed E-state index contributed by atoms with van der Waals surface area (Å²) in [6.07, 6.45) is 3.06. The van der Waals surface area contributed by atoms with E-state index in [1.165, 1.54) is 4.90 Å². The highest BCUT2D eigenvalue weighted by Crippen LogP contribution is 2.18. The Labute approximate surface area is 67.0 Å². The third-order valence-electron chi connectivity index (χ3n) is 2.33. The highest BCUT2D eigenvalue weighted by Gasteiger charge is 2.19.